The molecule has 2 heterocycles. The maximum atomic E-state index is 4.17. The summed E-state index contributed by atoms with van der Waals surface area (Å²) in [7, 11) is 0. The second-order valence-electron chi connectivity index (χ2n) is 4.67. The van der Waals surface area contributed by atoms with Gasteiger partial charge >= 0.3 is 0 Å². The van der Waals surface area contributed by atoms with Crippen LogP contribution < -0.4 is 0 Å². The molecule has 3 heteroatoms. The first-order valence-electron chi connectivity index (χ1n) is 6.42. The van der Waals surface area contributed by atoms with E-state index in [0.29, 0.717) is 0 Å². The van der Waals surface area contributed by atoms with E-state index in [2.05, 4.69) is 28.2 Å². The van der Waals surface area contributed by atoms with Crippen LogP contribution in [0, 0.1) is 12.1 Å². The summed E-state index contributed by atoms with van der Waals surface area (Å²) in [6.07, 6.45) is 7.34. The minimum atomic E-state index is 0. The number of hydrogen-bond donors (Lipinski definition) is 0. The molecule has 1 radical (unpaired) electrons. The Morgan fingerprint density at radius 3 is 2.52 bits per heavy atom. The number of rotatable bonds is 1. The molecule has 0 aliphatic rings. The van der Waals surface area contributed by atoms with Gasteiger partial charge in [-0.2, -0.15) is 24.3 Å². The predicted molar refractivity (Wildman–Crippen MR) is 80.2 cm³/mol. The molecule has 0 bridgehead atoms. The van der Waals surface area contributed by atoms with E-state index < -0.39 is 0 Å². The van der Waals surface area contributed by atoms with Crippen molar-refractivity contribution in [3.8, 4) is 11.1 Å². The quantitative estimate of drug-likeness (QED) is 0.488. The van der Waals surface area contributed by atoms with Crippen LogP contribution >= 0.6 is 0 Å². The molecule has 0 saturated carbocycles. The van der Waals surface area contributed by atoms with Crippen molar-refractivity contribution in [3.05, 3.63) is 73.3 Å². The van der Waals surface area contributed by atoms with E-state index in [9.17, 15) is 0 Å². The summed E-state index contributed by atoms with van der Waals surface area (Å²) in [5, 5.41) is 4.52. The zero-order chi connectivity index (χ0) is 13.4. The Morgan fingerprint density at radius 2 is 1.62 bits per heavy atom. The van der Waals surface area contributed by atoms with E-state index in [4.69, 9.17) is 0 Å². The van der Waals surface area contributed by atoms with Crippen LogP contribution in [0.3, 0.4) is 0 Å². The topological polar surface area (TPSA) is 25.8 Å². The first kappa shape index (κ1) is 14.3. The fraction of sp³-hybridized carbons (Fsp3) is 0. The Bertz CT molecular complexity index is 913. The Hall–Kier alpha value is -1.64. The van der Waals surface area contributed by atoms with Crippen molar-refractivity contribution in [1.29, 1.82) is 0 Å². The molecule has 0 unspecified atom stereocenters. The average molecular weight is 343 g/mol. The van der Waals surface area contributed by atoms with Gasteiger partial charge in [-0.25, -0.2) is 11.1 Å². The molecule has 97 valence electrons. The second kappa shape index (κ2) is 6.01. The summed E-state index contributed by atoms with van der Waals surface area (Å²) in [5.74, 6) is 0. The molecule has 0 atom stereocenters. The van der Waals surface area contributed by atoms with Gasteiger partial charge in [0.25, 0.3) is 0 Å². The van der Waals surface area contributed by atoms with Crippen LogP contribution in [-0.4, -0.2) is 9.97 Å². The van der Waals surface area contributed by atoms with Gasteiger partial charge in [0.1, 0.15) is 0 Å². The van der Waals surface area contributed by atoms with Gasteiger partial charge in [-0.3, -0.25) is 9.97 Å². The Labute approximate surface area is 148 Å². The van der Waals surface area contributed by atoms with Crippen LogP contribution in [0.2, 0.25) is 0 Å². The minimum Gasteiger partial charge on any atom is -0.274 e. The van der Waals surface area contributed by atoms with Crippen molar-refractivity contribution in [2.75, 3.05) is 0 Å². The number of nitrogens with zero attached hydrogens (tertiary/aromatic N) is 2. The average Bonchev–Trinajstić information content (AvgIpc) is 2.54. The number of aromatic nitrogens is 2. The summed E-state index contributed by atoms with van der Waals surface area (Å²) >= 11 is 0. The SMILES string of the molecule is [Y].[c-]1cc2cnccc2cc1-c1[c-]ccc2cnccc12. The van der Waals surface area contributed by atoms with Crippen molar-refractivity contribution in [3.63, 3.8) is 0 Å². The molecule has 4 aromatic rings. The molecule has 0 saturated heterocycles. The van der Waals surface area contributed by atoms with E-state index in [1.165, 1.54) is 0 Å². The van der Waals surface area contributed by atoms with E-state index in [0.717, 1.165) is 32.7 Å². The Kier molecular flexibility index (Phi) is 4.09. The van der Waals surface area contributed by atoms with Crippen LogP contribution in [-0.2, 0) is 32.7 Å². The van der Waals surface area contributed by atoms with Gasteiger partial charge in [0.2, 0.25) is 0 Å². The molecule has 2 nitrogen and oxygen atoms in total. The molecule has 0 fully saturated rings. The number of benzene rings is 2. The van der Waals surface area contributed by atoms with Gasteiger partial charge in [-0.1, -0.05) is 22.9 Å². The molecular weight excluding hydrogens is 333 g/mol. The first-order valence-corrected chi connectivity index (χ1v) is 6.42. The van der Waals surface area contributed by atoms with Gasteiger partial charge in [0, 0.05) is 51.3 Å². The summed E-state index contributed by atoms with van der Waals surface area (Å²) in [5.41, 5.74) is 2.10. The van der Waals surface area contributed by atoms with Crippen LogP contribution in [0.25, 0.3) is 32.7 Å². The van der Waals surface area contributed by atoms with Crippen molar-refractivity contribution in [2.24, 2.45) is 0 Å². The molecule has 0 spiro atoms. The van der Waals surface area contributed by atoms with Crippen LogP contribution in [0.4, 0.5) is 0 Å². The monoisotopic (exact) mass is 343 g/mol. The summed E-state index contributed by atoms with van der Waals surface area (Å²) in [6, 6.07) is 18.7. The third-order valence-electron chi connectivity index (χ3n) is 3.45. The summed E-state index contributed by atoms with van der Waals surface area (Å²) in [6.45, 7) is 0. The molecule has 0 aliphatic carbocycles. The fourth-order valence-electron chi connectivity index (χ4n) is 2.45. The largest absolute Gasteiger partial charge is 0.274 e. The third kappa shape index (κ3) is 2.62. The van der Waals surface area contributed by atoms with Crippen LogP contribution in [0.5, 0.6) is 0 Å². The van der Waals surface area contributed by atoms with Gasteiger partial charge in [0.15, 0.2) is 0 Å². The fourth-order valence-corrected chi connectivity index (χ4v) is 2.45. The smallest absolute Gasteiger partial charge is 0.0248 e. The van der Waals surface area contributed by atoms with Crippen LogP contribution in [0.15, 0.2) is 61.2 Å². The Balaban J connectivity index is 0.00000132. The zero-order valence-electron chi connectivity index (χ0n) is 11.2. The molecule has 0 aliphatic heterocycles. The molecular formula is C18H10N2Y-2. The predicted octanol–water partition coefficient (Wildman–Crippen LogP) is 4.05. The normalized spacial score (nSPS) is 10.5. The number of fused-ring (bicyclic) bond motifs is 2. The van der Waals surface area contributed by atoms with E-state index in [-0.39, 0.29) is 32.7 Å². The molecule has 2 aromatic heterocycles. The maximum Gasteiger partial charge on any atom is 0.0248 e. The molecule has 21 heavy (non-hydrogen) atoms. The second-order valence-corrected chi connectivity index (χ2v) is 4.67. The van der Waals surface area contributed by atoms with E-state index in [1.807, 2.05) is 55.1 Å². The van der Waals surface area contributed by atoms with Crippen molar-refractivity contribution >= 4 is 21.5 Å². The maximum absolute atomic E-state index is 4.17. The molecule has 4 rings (SSSR count). The third-order valence-corrected chi connectivity index (χ3v) is 3.45. The number of hydrogen-bond acceptors (Lipinski definition) is 2. The standard InChI is InChI=1S/C18H10N2.Y/c1-2-16-12-20-9-7-18(16)17(3-1)14-4-5-15-11-19-8-6-13(15)10-14;/h1-2,5-12H;/q-2;. The van der Waals surface area contributed by atoms with Gasteiger partial charge < -0.3 is 0 Å². The molecule has 2 aromatic carbocycles. The van der Waals surface area contributed by atoms with Gasteiger partial charge in [-0.15, -0.1) is 22.9 Å². The van der Waals surface area contributed by atoms with E-state index in [1.54, 1.807) is 0 Å². The first-order chi connectivity index (χ1) is 9.92. The summed E-state index contributed by atoms with van der Waals surface area (Å²) in [4.78, 5) is 8.29. The molecule has 0 amide bonds. The number of pyridine rings is 2. The van der Waals surface area contributed by atoms with Crippen molar-refractivity contribution in [1.82, 2.24) is 9.97 Å². The van der Waals surface area contributed by atoms with Gasteiger partial charge in [0.05, 0.1) is 0 Å². The molecule has 0 N–H and O–H groups in total. The summed E-state index contributed by atoms with van der Waals surface area (Å²) < 4.78 is 0. The van der Waals surface area contributed by atoms with Crippen molar-refractivity contribution < 1.29 is 32.7 Å². The Morgan fingerprint density at radius 1 is 0.810 bits per heavy atom. The minimum absolute atomic E-state index is 0. The van der Waals surface area contributed by atoms with Crippen molar-refractivity contribution in [2.45, 2.75) is 0 Å². The van der Waals surface area contributed by atoms with Crippen LogP contribution in [0.1, 0.15) is 0 Å². The van der Waals surface area contributed by atoms with E-state index >= 15 is 0 Å². The zero-order valence-corrected chi connectivity index (χ0v) is 14.1. The van der Waals surface area contributed by atoms with Gasteiger partial charge in [-0.05, 0) is 6.20 Å².